The molecule has 0 radical (unpaired) electrons. The number of rotatable bonds is 3. The van der Waals surface area contributed by atoms with Gasteiger partial charge in [0.2, 0.25) is 0 Å². The van der Waals surface area contributed by atoms with Crippen LogP contribution in [0.5, 0.6) is 5.75 Å². The molecule has 0 spiro atoms. The lowest BCUT2D eigenvalue weighted by atomic mass is 9.97. The lowest BCUT2D eigenvalue weighted by molar-refractivity contribution is -0.137. The maximum absolute atomic E-state index is 13.6. The minimum absolute atomic E-state index is 0.00294. The Kier molecular flexibility index (Phi) is 6.27. The van der Waals surface area contributed by atoms with Gasteiger partial charge in [0.05, 0.1) is 11.7 Å². The molecule has 1 atom stereocenters. The number of hydrogen-bond acceptors (Lipinski definition) is 3. The number of aliphatic hydroxyl groups excluding tert-OH is 1. The van der Waals surface area contributed by atoms with Crippen LogP contribution in [0.3, 0.4) is 0 Å². The van der Waals surface area contributed by atoms with E-state index in [0.29, 0.717) is 13.0 Å². The zero-order chi connectivity index (χ0) is 21.9. The third kappa shape index (κ3) is 5.27. The minimum Gasteiger partial charge on any atom is -0.435 e. The van der Waals surface area contributed by atoms with Crippen molar-refractivity contribution in [2.45, 2.75) is 25.3 Å². The highest BCUT2D eigenvalue weighted by molar-refractivity contribution is 5.94. The van der Waals surface area contributed by atoms with Gasteiger partial charge >= 0.3 is 12.8 Å². The first kappa shape index (κ1) is 21.6. The molecule has 0 aromatic heterocycles. The molecule has 158 valence electrons. The summed E-state index contributed by atoms with van der Waals surface area (Å²) in [5, 5.41) is 9.45. The standard InChI is InChI=1S/C21H16F5NO3/c22-20(23)30-16-5-3-14(4-6-16)17-7-1-13(11-18(17)21(24,25)26)2-8-19(29)27-10-9-15(28)12-27/h1,3-7,11,15,20,28H,9-10,12H2/t15-/m0/s1. The number of amides is 1. The number of alkyl halides is 5. The van der Waals surface area contributed by atoms with Gasteiger partial charge in [-0.25, -0.2) is 0 Å². The molecule has 4 nitrogen and oxygen atoms in total. The molecule has 1 amide bonds. The molecule has 9 heteroatoms. The first-order valence-electron chi connectivity index (χ1n) is 8.89. The van der Waals surface area contributed by atoms with Crippen LogP contribution in [0.15, 0.2) is 42.5 Å². The Bertz CT molecular complexity index is 977. The van der Waals surface area contributed by atoms with Crippen LogP contribution in [-0.4, -0.2) is 41.7 Å². The summed E-state index contributed by atoms with van der Waals surface area (Å²) in [5.41, 5.74) is -0.978. The van der Waals surface area contributed by atoms with Gasteiger partial charge in [-0.15, -0.1) is 0 Å². The summed E-state index contributed by atoms with van der Waals surface area (Å²) in [7, 11) is 0. The Hall–Kier alpha value is -3.12. The fourth-order valence-electron chi connectivity index (χ4n) is 3.06. The van der Waals surface area contributed by atoms with Crippen molar-refractivity contribution in [3.63, 3.8) is 0 Å². The molecule has 0 saturated carbocycles. The number of likely N-dealkylation sites (tertiary alicyclic amines) is 1. The van der Waals surface area contributed by atoms with E-state index in [0.717, 1.165) is 18.2 Å². The molecule has 0 aliphatic carbocycles. The first-order valence-corrected chi connectivity index (χ1v) is 8.89. The number of ether oxygens (including phenoxy) is 1. The Labute approximate surface area is 168 Å². The van der Waals surface area contributed by atoms with Gasteiger partial charge in [0.15, 0.2) is 0 Å². The first-order chi connectivity index (χ1) is 14.1. The van der Waals surface area contributed by atoms with E-state index in [1.165, 1.54) is 29.2 Å². The lowest BCUT2D eigenvalue weighted by Crippen LogP contribution is -2.28. The van der Waals surface area contributed by atoms with Crippen LogP contribution >= 0.6 is 0 Å². The van der Waals surface area contributed by atoms with Gasteiger partial charge in [-0.05, 0) is 41.8 Å². The summed E-state index contributed by atoms with van der Waals surface area (Å²) in [6, 6.07) is 8.17. The van der Waals surface area contributed by atoms with Crippen molar-refractivity contribution in [2.24, 2.45) is 0 Å². The molecule has 30 heavy (non-hydrogen) atoms. The molecule has 1 heterocycles. The number of halogens is 5. The van der Waals surface area contributed by atoms with E-state index in [1.807, 2.05) is 0 Å². The smallest absolute Gasteiger partial charge is 0.417 e. The van der Waals surface area contributed by atoms with Crippen LogP contribution < -0.4 is 4.74 Å². The molecule has 1 aliphatic rings. The average molecular weight is 425 g/mol. The van der Waals surface area contributed by atoms with Gasteiger partial charge in [0, 0.05) is 24.6 Å². The number of nitrogens with zero attached hydrogens (tertiary/aromatic N) is 1. The zero-order valence-electron chi connectivity index (χ0n) is 15.4. The number of hydrogen-bond donors (Lipinski definition) is 1. The quantitative estimate of drug-likeness (QED) is 0.599. The van der Waals surface area contributed by atoms with E-state index in [1.54, 1.807) is 0 Å². The molecule has 1 N–H and O–H groups in total. The molecule has 1 fully saturated rings. The van der Waals surface area contributed by atoms with Gasteiger partial charge in [-0.3, -0.25) is 4.79 Å². The van der Waals surface area contributed by atoms with Crippen molar-refractivity contribution in [1.82, 2.24) is 4.90 Å². The Morgan fingerprint density at radius 1 is 1.17 bits per heavy atom. The largest absolute Gasteiger partial charge is 0.435 e. The van der Waals surface area contributed by atoms with Crippen LogP contribution in [0.1, 0.15) is 17.5 Å². The van der Waals surface area contributed by atoms with Gasteiger partial charge in [-0.1, -0.05) is 24.1 Å². The van der Waals surface area contributed by atoms with Gasteiger partial charge < -0.3 is 14.7 Å². The Morgan fingerprint density at radius 2 is 1.87 bits per heavy atom. The number of carbonyl (C=O) groups excluding carboxylic acids is 1. The Morgan fingerprint density at radius 3 is 2.43 bits per heavy atom. The molecule has 0 unspecified atom stereocenters. The molecular weight excluding hydrogens is 409 g/mol. The highest BCUT2D eigenvalue weighted by Gasteiger charge is 2.34. The van der Waals surface area contributed by atoms with Crippen molar-refractivity contribution < 1.29 is 36.6 Å². The monoisotopic (exact) mass is 425 g/mol. The van der Waals surface area contributed by atoms with Crippen LogP contribution in [0.25, 0.3) is 11.1 Å². The summed E-state index contributed by atoms with van der Waals surface area (Å²) in [4.78, 5) is 13.3. The van der Waals surface area contributed by atoms with E-state index in [4.69, 9.17) is 0 Å². The third-order valence-corrected chi connectivity index (χ3v) is 4.48. The molecule has 1 saturated heterocycles. The second kappa shape index (κ2) is 8.71. The van der Waals surface area contributed by atoms with Crippen molar-refractivity contribution in [2.75, 3.05) is 13.1 Å². The maximum Gasteiger partial charge on any atom is 0.417 e. The van der Waals surface area contributed by atoms with Gasteiger partial charge in [0.1, 0.15) is 5.75 Å². The highest BCUT2D eigenvalue weighted by atomic mass is 19.4. The third-order valence-electron chi connectivity index (χ3n) is 4.48. The molecule has 2 aromatic rings. The predicted octanol–water partition coefficient (Wildman–Crippen LogP) is 3.92. The summed E-state index contributed by atoms with van der Waals surface area (Å²) in [5.74, 6) is 3.99. The van der Waals surface area contributed by atoms with E-state index in [9.17, 15) is 31.9 Å². The second-order valence-corrected chi connectivity index (χ2v) is 6.60. The van der Waals surface area contributed by atoms with Crippen molar-refractivity contribution >= 4 is 5.91 Å². The van der Waals surface area contributed by atoms with E-state index in [-0.39, 0.29) is 29.0 Å². The fourth-order valence-corrected chi connectivity index (χ4v) is 3.06. The second-order valence-electron chi connectivity index (χ2n) is 6.60. The summed E-state index contributed by atoms with van der Waals surface area (Å²) < 4.78 is 69.4. The van der Waals surface area contributed by atoms with Crippen LogP contribution in [0.4, 0.5) is 22.0 Å². The van der Waals surface area contributed by atoms with Gasteiger partial charge in [-0.2, -0.15) is 22.0 Å². The van der Waals surface area contributed by atoms with Crippen molar-refractivity contribution in [3.05, 3.63) is 53.6 Å². The van der Waals surface area contributed by atoms with Gasteiger partial charge in [0.25, 0.3) is 5.91 Å². The topological polar surface area (TPSA) is 49.8 Å². The van der Waals surface area contributed by atoms with Crippen LogP contribution in [-0.2, 0) is 11.0 Å². The molecule has 3 rings (SSSR count). The van der Waals surface area contributed by atoms with E-state index >= 15 is 0 Å². The normalized spacial score (nSPS) is 16.4. The molecule has 2 aromatic carbocycles. The highest BCUT2D eigenvalue weighted by Crippen LogP contribution is 2.38. The number of benzene rings is 2. The van der Waals surface area contributed by atoms with Crippen molar-refractivity contribution in [3.8, 4) is 28.7 Å². The minimum atomic E-state index is -4.70. The predicted molar refractivity (Wildman–Crippen MR) is 97.6 cm³/mol. The maximum atomic E-state index is 13.6. The van der Waals surface area contributed by atoms with Crippen LogP contribution in [0.2, 0.25) is 0 Å². The summed E-state index contributed by atoms with van der Waals surface area (Å²) in [6.45, 7) is -2.55. The number of carbonyl (C=O) groups is 1. The average Bonchev–Trinajstić information content (AvgIpc) is 3.12. The van der Waals surface area contributed by atoms with E-state index in [2.05, 4.69) is 16.6 Å². The summed E-state index contributed by atoms with van der Waals surface area (Å²) >= 11 is 0. The Balaban J connectivity index is 1.88. The number of β-amino-alcohol motifs (C(OH)–C–C–N with tert-alkyl or cyclic N) is 1. The molecule has 0 bridgehead atoms. The number of aliphatic hydroxyl groups is 1. The van der Waals surface area contributed by atoms with Crippen LogP contribution in [0, 0.1) is 11.8 Å². The molecule has 1 aliphatic heterocycles. The molecular formula is C21H16F5NO3. The van der Waals surface area contributed by atoms with E-state index < -0.39 is 30.4 Å². The summed E-state index contributed by atoms with van der Waals surface area (Å²) in [6.07, 6.45) is -4.89. The zero-order valence-corrected chi connectivity index (χ0v) is 15.4. The lowest BCUT2D eigenvalue weighted by Gasteiger charge is -2.14. The SMILES string of the molecule is O=C(C#Cc1ccc(-c2ccc(OC(F)F)cc2)c(C(F)(F)F)c1)N1CC[C@H](O)C1. The van der Waals surface area contributed by atoms with Crippen molar-refractivity contribution in [1.29, 1.82) is 0 Å². The fraction of sp³-hybridized carbons (Fsp3) is 0.286.